The molecule has 0 amide bonds. The van der Waals surface area contributed by atoms with Crippen molar-refractivity contribution in [1.82, 2.24) is 0 Å². The number of hydrogen-bond acceptors (Lipinski definition) is 1. The van der Waals surface area contributed by atoms with Crippen LogP contribution in [0.5, 0.6) is 0 Å². The highest BCUT2D eigenvalue weighted by atomic mass is 16.4. The smallest absolute Gasteiger partial charge is 0.309 e. The molecule has 162 valence electrons. The first-order valence-electron chi connectivity index (χ1n) is 13.1. The van der Waals surface area contributed by atoms with E-state index in [0.717, 1.165) is 42.4 Å². The van der Waals surface area contributed by atoms with E-state index in [4.69, 9.17) is 0 Å². The molecule has 6 saturated carbocycles. The maximum atomic E-state index is 12.7. The summed E-state index contributed by atoms with van der Waals surface area (Å²) in [5.41, 5.74) is 0.300. The van der Waals surface area contributed by atoms with Gasteiger partial charge in [-0.25, -0.2) is 0 Å². The number of carboxylic acids is 1. The van der Waals surface area contributed by atoms with Crippen molar-refractivity contribution in [2.45, 2.75) is 104 Å². The lowest BCUT2D eigenvalue weighted by atomic mass is 9.44. The molecular formula is C27H42O2. The van der Waals surface area contributed by atoms with Gasteiger partial charge in [-0.3, -0.25) is 4.79 Å². The third-order valence-corrected chi connectivity index (χ3v) is 12.4. The van der Waals surface area contributed by atoms with E-state index in [0.29, 0.717) is 17.3 Å². The zero-order valence-corrected chi connectivity index (χ0v) is 18.8. The van der Waals surface area contributed by atoms with Gasteiger partial charge in [0.15, 0.2) is 0 Å². The number of carbonyl (C=O) groups is 1. The fourth-order valence-electron chi connectivity index (χ4n) is 10.6. The number of fused-ring (bicyclic) bond motifs is 7. The van der Waals surface area contributed by atoms with Gasteiger partial charge in [0.1, 0.15) is 0 Å². The standard InChI is InChI=1S/C27H42O2/c1-25(13-14-25)26(2)15-16-27(24(28)29)12-11-21-20-8-7-17-5-3-4-6-18(17)19(20)9-10-22(21)23(26)27/h17-23H,3-16H2,1-2H3,(H,28,29). The summed E-state index contributed by atoms with van der Waals surface area (Å²) in [6.45, 7) is 5.02. The lowest BCUT2D eigenvalue weighted by molar-refractivity contribution is -0.171. The van der Waals surface area contributed by atoms with Crippen molar-refractivity contribution in [3.8, 4) is 0 Å². The summed E-state index contributed by atoms with van der Waals surface area (Å²) in [4.78, 5) is 12.7. The Hall–Kier alpha value is -0.530. The van der Waals surface area contributed by atoms with E-state index in [2.05, 4.69) is 13.8 Å². The van der Waals surface area contributed by atoms with Gasteiger partial charge in [0.05, 0.1) is 5.41 Å². The van der Waals surface area contributed by atoms with Gasteiger partial charge in [0, 0.05) is 0 Å². The molecule has 0 aromatic carbocycles. The third kappa shape index (κ3) is 2.44. The van der Waals surface area contributed by atoms with Crippen LogP contribution in [0.4, 0.5) is 0 Å². The first-order valence-corrected chi connectivity index (χ1v) is 13.1. The van der Waals surface area contributed by atoms with Gasteiger partial charge in [-0.05, 0) is 123 Å². The van der Waals surface area contributed by atoms with Crippen LogP contribution < -0.4 is 0 Å². The van der Waals surface area contributed by atoms with Crippen LogP contribution in [0.25, 0.3) is 0 Å². The fourth-order valence-corrected chi connectivity index (χ4v) is 10.6. The molecule has 0 saturated heterocycles. The van der Waals surface area contributed by atoms with Crippen molar-refractivity contribution >= 4 is 5.97 Å². The van der Waals surface area contributed by atoms with Crippen LogP contribution in [-0.2, 0) is 4.79 Å². The van der Waals surface area contributed by atoms with E-state index in [1.807, 2.05) is 0 Å². The van der Waals surface area contributed by atoms with Crippen LogP contribution in [-0.4, -0.2) is 11.1 Å². The number of rotatable bonds is 2. The minimum atomic E-state index is -0.438. The van der Waals surface area contributed by atoms with Crippen molar-refractivity contribution in [3.05, 3.63) is 0 Å². The minimum Gasteiger partial charge on any atom is -0.481 e. The highest BCUT2D eigenvalue weighted by Gasteiger charge is 2.71. The van der Waals surface area contributed by atoms with Gasteiger partial charge >= 0.3 is 5.97 Å². The summed E-state index contributed by atoms with van der Waals surface area (Å²) in [6, 6.07) is 0. The zero-order valence-electron chi connectivity index (χ0n) is 18.8. The number of aliphatic carboxylic acids is 1. The predicted molar refractivity (Wildman–Crippen MR) is 115 cm³/mol. The molecule has 0 bridgehead atoms. The Balaban J connectivity index is 1.35. The molecule has 0 aromatic rings. The maximum absolute atomic E-state index is 12.7. The van der Waals surface area contributed by atoms with Crippen LogP contribution in [0.3, 0.4) is 0 Å². The quantitative estimate of drug-likeness (QED) is 0.548. The van der Waals surface area contributed by atoms with Crippen molar-refractivity contribution in [1.29, 1.82) is 0 Å². The summed E-state index contributed by atoms with van der Waals surface area (Å²) in [7, 11) is 0. The predicted octanol–water partition coefficient (Wildman–Crippen LogP) is 6.93. The Morgan fingerprint density at radius 1 is 0.690 bits per heavy atom. The van der Waals surface area contributed by atoms with E-state index >= 15 is 0 Å². The van der Waals surface area contributed by atoms with Gasteiger partial charge in [-0.2, -0.15) is 0 Å². The molecule has 6 aliphatic rings. The van der Waals surface area contributed by atoms with Crippen LogP contribution >= 0.6 is 0 Å². The van der Waals surface area contributed by atoms with Crippen molar-refractivity contribution in [2.24, 2.45) is 57.7 Å². The normalized spacial score (nSPS) is 55.2. The molecule has 2 nitrogen and oxygen atoms in total. The van der Waals surface area contributed by atoms with E-state index < -0.39 is 11.4 Å². The second-order valence-electron chi connectivity index (χ2n) is 13.0. The first-order chi connectivity index (χ1) is 13.9. The molecule has 6 aliphatic carbocycles. The van der Waals surface area contributed by atoms with Crippen molar-refractivity contribution < 1.29 is 9.90 Å². The number of hydrogen-bond donors (Lipinski definition) is 1. The van der Waals surface area contributed by atoms with Crippen LogP contribution in [0.1, 0.15) is 104 Å². The summed E-state index contributed by atoms with van der Waals surface area (Å²) in [5.74, 6) is 5.51. The largest absolute Gasteiger partial charge is 0.481 e. The summed E-state index contributed by atoms with van der Waals surface area (Å²) in [5, 5.41) is 10.5. The highest BCUT2D eigenvalue weighted by molar-refractivity contribution is 5.76. The van der Waals surface area contributed by atoms with Gasteiger partial charge in [-0.15, -0.1) is 0 Å². The molecule has 1 N–H and O–H groups in total. The van der Waals surface area contributed by atoms with Crippen LogP contribution in [0, 0.1) is 57.7 Å². The Labute approximate surface area is 177 Å². The summed E-state index contributed by atoms with van der Waals surface area (Å²) < 4.78 is 0. The lowest BCUT2D eigenvalue weighted by Gasteiger charge is -2.60. The SMILES string of the molecule is CC1(C2(C)CCC3(C(=O)O)CCC4C5CCC6CCCCC6C5CCC4C32)CC1. The zero-order chi connectivity index (χ0) is 20.0. The van der Waals surface area contributed by atoms with E-state index in [1.54, 1.807) is 0 Å². The van der Waals surface area contributed by atoms with E-state index in [-0.39, 0.29) is 5.41 Å². The molecule has 0 aliphatic heterocycles. The topological polar surface area (TPSA) is 37.3 Å². The van der Waals surface area contributed by atoms with E-state index in [9.17, 15) is 9.90 Å². The van der Waals surface area contributed by atoms with Crippen molar-refractivity contribution in [2.75, 3.05) is 0 Å². The molecule has 2 heteroatoms. The Morgan fingerprint density at radius 2 is 1.34 bits per heavy atom. The third-order valence-electron chi connectivity index (χ3n) is 12.4. The average Bonchev–Trinajstić information content (AvgIpc) is 3.41. The molecule has 0 spiro atoms. The fraction of sp³-hybridized carbons (Fsp3) is 0.963. The number of carboxylic acid groups (broad SMARTS) is 1. The van der Waals surface area contributed by atoms with Gasteiger partial charge in [0.2, 0.25) is 0 Å². The summed E-state index contributed by atoms with van der Waals surface area (Å²) >= 11 is 0. The van der Waals surface area contributed by atoms with Crippen LogP contribution in [0.15, 0.2) is 0 Å². The average molecular weight is 399 g/mol. The molecule has 6 rings (SSSR count). The Bertz CT molecular complexity index is 695. The lowest BCUT2D eigenvalue weighted by Crippen LogP contribution is -2.56. The van der Waals surface area contributed by atoms with Gasteiger partial charge in [0.25, 0.3) is 0 Å². The second kappa shape index (κ2) is 6.26. The Morgan fingerprint density at radius 3 is 2.10 bits per heavy atom. The van der Waals surface area contributed by atoms with Gasteiger partial charge < -0.3 is 5.11 Å². The van der Waals surface area contributed by atoms with Crippen molar-refractivity contribution in [3.63, 3.8) is 0 Å². The molecule has 6 fully saturated rings. The minimum absolute atomic E-state index is 0.267. The van der Waals surface area contributed by atoms with Gasteiger partial charge in [-0.1, -0.05) is 33.1 Å². The molecule has 0 aromatic heterocycles. The molecule has 9 unspecified atom stereocenters. The monoisotopic (exact) mass is 398 g/mol. The second-order valence-corrected chi connectivity index (χ2v) is 13.0. The molecular weight excluding hydrogens is 356 g/mol. The van der Waals surface area contributed by atoms with Crippen LogP contribution in [0.2, 0.25) is 0 Å². The maximum Gasteiger partial charge on any atom is 0.309 e. The Kier molecular flexibility index (Phi) is 4.14. The molecule has 29 heavy (non-hydrogen) atoms. The molecule has 9 atom stereocenters. The molecule has 0 radical (unpaired) electrons. The summed E-state index contributed by atoms with van der Waals surface area (Å²) in [6.07, 6.45) is 18.7. The highest BCUT2D eigenvalue weighted by Crippen LogP contribution is 2.76. The first kappa shape index (κ1) is 19.2. The van der Waals surface area contributed by atoms with E-state index in [1.165, 1.54) is 77.0 Å². The molecule has 0 heterocycles.